The predicted molar refractivity (Wildman–Crippen MR) is 146 cm³/mol. The summed E-state index contributed by atoms with van der Waals surface area (Å²) in [6.45, 7) is 8.97. The molecule has 0 spiro atoms. The van der Waals surface area contributed by atoms with Gasteiger partial charge in [0.2, 0.25) is 11.4 Å². The number of likely N-dealkylation sites (N-methyl/N-ethyl adjacent to an activating group) is 3. The first-order chi connectivity index (χ1) is 18.3. The van der Waals surface area contributed by atoms with Crippen LogP contribution in [-0.4, -0.2) is 111 Å². The molecule has 0 saturated heterocycles. The van der Waals surface area contributed by atoms with Gasteiger partial charge in [0.05, 0.1) is 31.0 Å². The van der Waals surface area contributed by atoms with E-state index in [-0.39, 0.29) is 5.92 Å². The number of carbonyl (C=O) groups excluding carboxylic acids is 5. The number of ketones is 5. The fourth-order valence-corrected chi connectivity index (χ4v) is 4.36. The number of aliphatic carboxylic acids is 1. The fraction of sp³-hybridized carbons (Fsp3) is 0.778. The van der Waals surface area contributed by atoms with Gasteiger partial charge in [-0.3, -0.25) is 24.0 Å². The topological polar surface area (TPSA) is 219 Å². The van der Waals surface area contributed by atoms with Crippen molar-refractivity contribution in [3.8, 4) is 0 Å². The highest BCUT2D eigenvalue weighted by Crippen LogP contribution is 2.31. The minimum Gasteiger partial charge on any atom is -0.479 e. The first kappa shape index (κ1) is 37.6. The Labute approximate surface area is 235 Å². The molecule has 5 unspecified atom stereocenters. The number of Topliss-reactive ketones (excluding diaryl/α,β-unsaturated/α-hetero) is 5. The number of hydrogen-bond acceptors (Lipinski definition) is 12. The summed E-state index contributed by atoms with van der Waals surface area (Å²) in [7, 11) is 4.16. The van der Waals surface area contributed by atoms with Crippen molar-refractivity contribution in [2.45, 2.75) is 102 Å². The Morgan fingerprint density at radius 3 is 1.48 bits per heavy atom. The van der Waals surface area contributed by atoms with E-state index in [2.05, 4.69) is 16.0 Å². The van der Waals surface area contributed by atoms with Crippen LogP contribution in [0.15, 0.2) is 0 Å². The Bertz CT molecular complexity index is 968. The molecule has 0 saturated carbocycles. The van der Waals surface area contributed by atoms with Crippen molar-refractivity contribution in [3.63, 3.8) is 0 Å². The van der Waals surface area contributed by atoms with Crippen molar-refractivity contribution >= 4 is 34.9 Å². The highest BCUT2D eigenvalue weighted by atomic mass is 16.4. The van der Waals surface area contributed by atoms with Crippen molar-refractivity contribution in [3.05, 3.63) is 0 Å². The molecule has 0 aromatic rings. The smallest absolute Gasteiger partial charge is 0.344 e. The summed E-state index contributed by atoms with van der Waals surface area (Å²) < 4.78 is 0. The SMILES string of the molecule is CCC(C)[C@H](NC)C(=O)C(C)(O)C(=O)CC(O)(C(=O)[C@@H](NC)C(C)CC)C(=O)C(O)(CC(=O)[C@H](C)NC)C(=O)O. The molecule has 7 N–H and O–H groups in total. The van der Waals surface area contributed by atoms with Gasteiger partial charge in [-0.25, -0.2) is 4.79 Å². The molecule has 40 heavy (non-hydrogen) atoms. The van der Waals surface area contributed by atoms with Crippen LogP contribution in [0.2, 0.25) is 0 Å². The van der Waals surface area contributed by atoms with E-state index >= 15 is 0 Å². The number of carbonyl (C=O) groups is 6. The van der Waals surface area contributed by atoms with Crippen LogP contribution in [0.1, 0.15) is 67.2 Å². The molecule has 0 amide bonds. The van der Waals surface area contributed by atoms with Crippen LogP contribution in [0.4, 0.5) is 0 Å². The van der Waals surface area contributed by atoms with E-state index in [1.807, 2.05) is 0 Å². The van der Waals surface area contributed by atoms with Crippen LogP contribution in [0.3, 0.4) is 0 Å². The lowest BCUT2D eigenvalue weighted by Crippen LogP contribution is -2.67. The van der Waals surface area contributed by atoms with E-state index in [1.165, 1.54) is 28.1 Å². The van der Waals surface area contributed by atoms with Crippen molar-refractivity contribution in [2.75, 3.05) is 21.1 Å². The Kier molecular flexibility index (Phi) is 14.1. The number of nitrogens with one attached hydrogen (secondary N) is 3. The average Bonchev–Trinajstić information content (AvgIpc) is 2.91. The lowest BCUT2D eigenvalue weighted by molar-refractivity contribution is -0.181. The molecule has 230 valence electrons. The quantitative estimate of drug-likeness (QED) is 0.0851. The normalized spacial score (nSPS) is 20.0. The van der Waals surface area contributed by atoms with E-state index in [1.54, 1.807) is 27.7 Å². The molecule has 0 radical (unpaired) electrons. The summed E-state index contributed by atoms with van der Waals surface area (Å²) >= 11 is 0. The molecule has 8 atom stereocenters. The molecule has 0 aliphatic carbocycles. The molecule has 0 aromatic carbocycles. The number of aliphatic hydroxyl groups is 3. The third-order valence-electron chi connectivity index (χ3n) is 7.91. The highest BCUT2D eigenvalue weighted by Gasteiger charge is 2.61. The Morgan fingerprint density at radius 2 is 1.12 bits per heavy atom. The van der Waals surface area contributed by atoms with Gasteiger partial charge >= 0.3 is 5.97 Å². The molecule has 13 nitrogen and oxygen atoms in total. The lowest BCUT2D eigenvalue weighted by Gasteiger charge is -2.37. The Morgan fingerprint density at radius 1 is 0.700 bits per heavy atom. The summed E-state index contributed by atoms with van der Waals surface area (Å²) in [6.07, 6.45) is -2.01. The molecule has 0 aromatic heterocycles. The largest absolute Gasteiger partial charge is 0.479 e. The fourth-order valence-electron chi connectivity index (χ4n) is 4.36. The van der Waals surface area contributed by atoms with Gasteiger partial charge in [-0.15, -0.1) is 0 Å². The molecule has 0 heterocycles. The zero-order valence-corrected chi connectivity index (χ0v) is 25.0. The van der Waals surface area contributed by atoms with Gasteiger partial charge < -0.3 is 36.4 Å². The molecule has 13 heteroatoms. The standard InChI is InChI=1S/C27H47N3O10/c1-10-14(3)19(29-8)21(33)25(6,38)18(32)13-26(39,22(34)20(30-9)15(4)11-2)23(35)27(40,24(36)37)12-17(31)16(5)28-7/h14-16,19-20,28-30,38-40H,10-13H2,1-9H3,(H,36,37)/t14?,15?,16-,19-,20-,25?,26?,27?/m0/s1. The zero-order chi connectivity index (χ0) is 31.8. The van der Waals surface area contributed by atoms with Gasteiger partial charge in [0.25, 0.3) is 0 Å². The van der Waals surface area contributed by atoms with Crippen molar-refractivity contribution in [1.29, 1.82) is 0 Å². The van der Waals surface area contributed by atoms with Crippen LogP contribution in [0.5, 0.6) is 0 Å². The van der Waals surface area contributed by atoms with Crippen molar-refractivity contribution < 1.29 is 49.2 Å². The number of carboxylic acids is 1. The van der Waals surface area contributed by atoms with Crippen molar-refractivity contribution in [1.82, 2.24) is 16.0 Å². The van der Waals surface area contributed by atoms with Crippen LogP contribution in [0.25, 0.3) is 0 Å². The van der Waals surface area contributed by atoms with Gasteiger partial charge in [0.1, 0.15) is 0 Å². The van der Waals surface area contributed by atoms with Gasteiger partial charge in [0.15, 0.2) is 34.3 Å². The van der Waals surface area contributed by atoms with Crippen LogP contribution >= 0.6 is 0 Å². The van der Waals surface area contributed by atoms with E-state index in [0.717, 1.165) is 6.92 Å². The van der Waals surface area contributed by atoms with E-state index in [4.69, 9.17) is 0 Å². The van der Waals surface area contributed by atoms with Gasteiger partial charge in [-0.05, 0) is 46.8 Å². The third kappa shape index (κ3) is 7.86. The van der Waals surface area contributed by atoms with Crippen LogP contribution in [0, 0.1) is 11.8 Å². The molecular formula is C27H47N3O10. The second-order valence-electron chi connectivity index (χ2n) is 10.7. The first-order valence-corrected chi connectivity index (χ1v) is 13.4. The van der Waals surface area contributed by atoms with Crippen molar-refractivity contribution in [2.24, 2.45) is 11.8 Å². The molecular weight excluding hydrogens is 526 g/mol. The highest BCUT2D eigenvalue weighted by molar-refractivity contribution is 6.25. The summed E-state index contributed by atoms with van der Waals surface area (Å²) in [6, 6.07) is -3.32. The molecule has 0 fully saturated rings. The number of hydrogen-bond donors (Lipinski definition) is 7. The van der Waals surface area contributed by atoms with Gasteiger partial charge in [-0.2, -0.15) is 0 Å². The summed E-state index contributed by atoms with van der Waals surface area (Å²) in [5.74, 6) is -9.86. The Balaban J connectivity index is 7.01. The number of carboxylic acid groups (broad SMARTS) is 1. The predicted octanol–water partition coefficient (Wildman–Crippen LogP) is -1.21. The lowest BCUT2D eigenvalue weighted by atomic mass is 9.71. The zero-order valence-electron chi connectivity index (χ0n) is 25.0. The minimum absolute atomic E-state index is 0.338. The molecule has 0 rings (SSSR count). The monoisotopic (exact) mass is 573 g/mol. The number of rotatable bonds is 20. The summed E-state index contributed by atoms with van der Waals surface area (Å²) in [4.78, 5) is 78.6. The maximum absolute atomic E-state index is 13.7. The van der Waals surface area contributed by atoms with Gasteiger partial charge in [0, 0.05) is 0 Å². The molecule has 0 aliphatic rings. The average molecular weight is 574 g/mol. The van der Waals surface area contributed by atoms with Crippen LogP contribution < -0.4 is 16.0 Å². The summed E-state index contributed by atoms with van der Waals surface area (Å²) in [5, 5.41) is 51.3. The van der Waals surface area contributed by atoms with E-state index in [0.29, 0.717) is 12.8 Å². The van der Waals surface area contributed by atoms with Crippen LogP contribution in [-0.2, 0) is 28.8 Å². The molecule has 0 aliphatic heterocycles. The maximum Gasteiger partial charge on any atom is 0.344 e. The summed E-state index contributed by atoms with van der Waals surface area (Å²) in [5.41, 5.74) is -9.95. The van der Waals surface area contributed by atoms with Gasteiger partial charge in [-0.1, -0.05) is 40.5 Å². The minimum atomic E-state index is -3.61. The van der Waals surface area contributed by atoms with E-state index < -0.39 is 88.6 Å². The molecule has 0 bridgehead atoms. The maximum atomic E-state index is 13.7. The second kappa shape index (κ2) is 15.0. The first-order valence-electron chi connectivity index (χ1n) is 13.4. The van der Waals surface area contributed by atoms with E-state index in [9.17, 15) is 49.2 Å². The third-order valence-corrected chi connectivity index (χ3v) is 7.91. The Hall–Kier alpha value is -2.42. The second-order valence-corrected chi connectivity index (χ2v) is 10.7.